The van der Waals surface area contributed by atoms with Crippen molar-refractivity contribution in [1.82, 2.24) is 0 Å². The van der Waals surface area contributed by atoms with Gasteiger partial charge in [0.15, 0.2) is 11.9 Å². The van der Waals surface area contributed by atoms with Crippen LogP contribution in [0.1, 0.15) is 11.3 Å². The fourth-order valence-corrected chi connectivity index (χ4v) is 3.28. The van der Waals surface area contributed by atoms with Crippen LogP contribution in [0.5, 0.6) is 5.75 Å². The molecule has 5 nitrogen and oxygen atoms in total. The van der Waals surface area contributed by atoms with Gasteiger partial charge >= 0.3 is 0 Å². The summed E-state index contributed by atoms with van der Waals surface area (Å²) >= 11 is 0. The predicted molar refractivity (Wildman–Crippen MR) is 105 cm³/mol. The van der Waals surface area contributed by atoms with Crippen molar-refractivity contribution in [2.45, 2.75) is 20.4 Å². The molecule has 0 unspecified atom stereocenters. The van der Waals surface area contributed by atoms with Crippen LogP contribution in [-0.4, -0.2) is 13.0 Å². The maximum Gasteiger partial charge on any atom is 0.290 e. The molecule has 0 aliphatic rings. The van der Waals surface area contributed by atoms with Crippen LogP contribution in [0.3, 0.4) is 0 Å². The molecule has 0 aliphatic carbocycles. The molecule has 2 aromatic heterocycles. The molecule has 2 aromatic carbocycles. The number of fused-ring (bicyclic) bond motifs is 3. The van der Waals surface area contributed by atoms with Crippen LogP contribution in [0.15, 0.2) is 59.1 Å². The van der Waals surface area contributed by atoms with E-state index >= 15 is 0 Å². The zero-order valence-corrected chi connectivity index (χ0v) is 15.6. The number of anilines is 1. The molecule has 4 rings (SSSR count). The Kier molecular flexibility index (Phi) is 4.28. The summed E-state index contributed by atoms with van der Waals surface area (Å²) in [6.45, 7) is 4.26. The number of methoxy groups -OCH3 is 1. The van der Waals surface area contributed by atoms with E-state index in [1.54, 1.807) is 7.11 Å². The van der Waals surface area contributed by atoms with Gasteiger partial charge in [-0.3, -0.25) is 4.79 Å². The third-order valence-corrected chi connectivity index (χ3v) is 4.90. The molecule has 2 heterocycles. The second kappa shape index (κ2) is 6.76. The lowest BCUT2D eigenvalue weighted by Crippen LogP contribution is -2.43. The average Bonchev–Trinajstić information content (AvgIpc) is 3.02. The molecule has 5 heteroatoms. The minimum atomic E-state index is -0.123. The first kappa shape index (κ1) is 17.1. The molecule has 27 heavy (non-hydrogen) atoms. The highest BCUT2D eigenvalue weighted by Gasteiger charge is 2.17. The van der Waals surface area contributed by atoms with Crippen molar-refractivity contribution in [2.24, 2.45) is 0 Å². The minimum absolute atomic E-state index is 0.123. The number of hydrogen-bond donors (Lipinski definition) is 1. The topological polar surface area (TPSA) is 55.4 Å². The number of furan rings is 1. The van der Waals surface area contributed by atoms with Crippen LogP contribution in [-0.2, 0) is 11.3 Å². The van der Waals surface area contributed by atoms with Gasteiger partial charge in [-0.1, -0.05) is 18.2 Å². The van der Waals surface area contributed by atoms with E-state index in [1.807, 2.05) is 73.1 Å². The third kappa shape index (κ3) is 3.12. The SMILES string of the molecule is COc1cc2c(cc1NC(=O)C[n+]1cccc(C)c1C)oc1ccccc12. The fraction of sp³-hybridized carbons (Fsp3) is 0.182. The van der Waals surface area contributed by atoms with Gasteiger partial charge in [-0.25, -0.2) is 0 Å². The molecule has 0 bridgehead atoms. The van der Waals surface area contributed by atoms with Gasteiger partial charge in [0, 0.05) is 35.4 Å². The maximum atomic E-state index is 12.6. The number of para-hydroxylation sites is 1. The molecule has 0 spiro atoms. The van der Waals surface area contributed by atoms with Gasteiger partial charge in [0.05, 0.1) is 12.8 Å². The van der Waals surface area contributed by atoms with E-state index < -0.39 is 0 Å². The van der Waals surface area contributed by atoms with Crippen LogP contribution in [0.25, 0.3) is 21.9 Å². The third-order valence-electron chi connectivity index (χ3n) is 4.90. The van der Waals surface area contributed by atoms with E-state index in [1.165, 1.54) is 0 Å². The van der Waals surface area contributed by atoms with Crippen molar-refractivity contribution in [3.05, 3.63) is 66.0 Å². The number of carbonyl (C=O) groups is 1. The van der Waals surface area contributed by atoms with Crippen molar-refractivity contribution in [1.29, 1.82) is 0 Å². The molecule has 0 radical (unpaired) electrons. The highest BCUT2D eigenvalue weighted by atomic mass is 16.5. The second-order valence-electron chi connectivity index (χ2n) is 6.60. The molecule has 1 N–H and O–H groups in total. The number of nitrogens with zero attached hydrogens (tertiary/aromatic N) is 1. The Hall–Kier alpha value is -3.34. The lowest BCUT2D eigenvalue weighted by molar-refractivity contribution is -0.690. The van der Waals surface area contributed by atoms with E-state index in [4.69, 9.17) is 9.15 Å². The first-order chi connectivity index (χ1) is 13.1. The quantitative estimate of drug-likeness (QED) is 0.556. The van der Waals surface area contributed by atoms with Crippen LogP contribution in [0, 0.1) is 13.8 Å². The Labute approximate surface area is 157 Å². The van der Waals surface area contributed by atoms with Gasteiger partial charge < -0.3 is 14.5 Å². The number of rotatable bonds is 4. The van der Waals surface area contributed by atoms with Crippen molar-refractivity contribution < 1.29 is 18.5 Å². The average molecular weight is 361 g/mol. The van der Waals surface area contributed by atoms with E-state index in [-0.39, 0.29) is 12.5 Å². The van der Waals surface area contributed by atoms with Crippen LogP contribution in [0.4, 0.5) is 5.69 Å². The van der Waals surface area contributed by atoms with E-state index in [9.17, 15) is 4.79 Å². The largest absolute Gasteiger partial charge is 0.495 e. The maximum absolute atomic E-state index is 12.6. The van der Waals surface area contributed by atoms with Crippen molar-refractivity contribution >= 4 is 33.5 Å². The Morgan fingerprint density at radius 1 is 1.07 bits per heavy atom. The van der Waals surface area contributed by atoms with E-state index in [2.05, 4.69) is 5.32 Å². The fourth-order valence-electron chi connectivity index (χ4n) is 3.28. The van der Waals surface area contributed by atoms with Gasteiger partial charge in [0.1, 0.15) is 16.9 Å². The van der Waals surface area contributed by atoms with E-state index in [0.717, 1.165) is 27.6 Å². The highest BCUT2D eigenvalue weighted by molar-refractivity contribution is 6.07. The molecule has 0 saturated carbocycles. The molecule has 1 amide bonds. The molecular formula is C22H21N2O3+. The summed E-state index contributed by atoms with van der Waals surface area (Å²) in [6, 6.07) is 15.5. The summed E-state index contributed by atoms with van der Waals surface area (Å²) < 4.78 is 13.3. The minimum Gasteiger partial charge on any atom is -0.495 e. The smallest absolute Gasteiger partial charge is 0.290 e. The Morgan fingerprint density at radius 2 is 1.89 bits per heavy atom. The number of pyridine rings is 1. The molecule has 0 fully saturated rings. The number of amides is 1. The van der Waals surface area contributed by atoms with Crippen molar-refractivity contribution in [3.8, 4) is 5.75 Å². The van der Waals surface area contributed by atoms with Gasteiger partial charge in [-0.05, 0) is 25.1 Å². The normalized spacial score (nSPS) is 11.1. The van der Waals surface area contributed by atoms with Crippen molar-refractivity contribution in [2.75, 3.05) is 12.4 Å². The van der Waals surface area contributed by atoms with E-state index in [0.29, 0.717) is 17.0 Å². The molecule has 136 valence electrons. The van der Waals surface area contributed by atoms with Gasteiger partial charge in [0.25, 0.3) is 5.91 Å². The van der Waals surface area contributed by atoms with Crippen molar-refractivity contribution in [3.63, 3.8) is 0 Å². The standard InChI is InChI=1S/C22H20N2O3/c1-14-7-6-10-24(15(14)2)13-22(25)23-18-12-20-17(11-21(18)26-3)16-8-4-5-9-19(16)27-20/h4-12H,13H2,1-3H3/p+1. The second-order valence-corrected chi connectivity index (χ2v) is 6.60. The van der Waals surface area contributed by atoms with Gasteiger partial charge in [-0.2, -0.15) is 4.57 Å². The molecule has 0 atom stereocenters. The number of nitrogens with one attached hydrogen (secondary N) is 1. The lowest BCUT2D eigenvalue weighted by Gasteiger charge is -2.10. The molecule has 0 saturated heterocycles. The first-order valence-electron chi connectivity index (χ1n) is 8.81. The first-order valence-corrected chi connectivity index (χ1v) is 8.81. The molecule has 0 aliphatic heterocycles. The van der Waals surface area contributed by atoms with Crippen LogP contribution in [0.2, 0.25) is 0 Å². The highest BCUT2D eigenvalue weighted by Crippen LogP contribution is 2.36. The number of ether oxygens (including phenoxy) is 1. The lowest BCUT2D eigenvalue weighted by atomic mass is 10.1. The van der Waals surface area contributed by atoms with Crippen LogP contribution >= 0.6 is 0 Å². The summed E-state index contributed by atoms with van der Waals surface area (Å²) in [5, 5.41) is 4.93. The molecular weight excluding hydrogens is 340 g/mol. The molecule has 4 aromatic rings. The summed E-state index contributed by atoms with van der Waals surface area (Å²) in [5.74, 6) is 0.482. The Morgan fingerprint density at radius 3 is 2.70 bits per heavy atom. The predicted octanol–water partition coefficient (Wildman–Crippen LogP) is 4.14. The Balaban J connectivity index is 1.67. The summed E-state index contributed by atoms with van der Waals surface area (Å²) in [5.41, 5.74) is 4.33. The van der Waals surface area contributed by atoms with Crippen LogP contribution < -0.4 is 14.6 Å². The number of aromatic nitrogens is 1. The Bertz CT molecular complexity index is 1160. The summed E-state index contributed by atoms with van der Waals surface area (Å²) in [6.07, 6.45) is 1.90. The summed E-state index contributed by atoms with van der Waals surface area (Å²) in [7, 11) is 1.60. The monoisotopic (exact) mass is 361 g/mol. The number of aryl methyl sites for hydroxylation is 1. The van der Waals surface area contributed by atoms with Gasteiger partial charge in [-0.15, -0.1) is 0 Å². The zero-order valence-electron chi connectivity index (χ0n) is 15.6. The number of hydrogen-bond acceptors (Lipinski definition) is 3. The summed E-state index contributed by atoms with van der Waals surface area (Å²) in [4.78, 5) is 12.6. The van der Waals surface area contributed by atoms with Gasteiger partial charge in [0.2, 0.25) is 6.54 Å². The number of carbonyl (C=O) groups excluding carboxylic acids is 1. The zero-order chi connectivity index (χ0) is 19.0. The number of benzene rings is 2.